The van der Waals surface area contributed by atoms with Gasteiger partial charge in [0.15, 0.2) is 0 Å². The maximum absolute atomic E-state index is 12.4. The molecule has 1 aliphatic heterocycles. The van der Waals surface area contributed by atoms with Gasteiger partial charge in [0.25, 0.3) is 5.92 Å². The van der Waals surface area contributed by atoms with Crippen LogP contribution in [0.5, 0.6) is 0 Å². The first kappa shape index (κ1) is 8.17. The molecule has 10 heavy (non-hydrogen) atoms. The van der Waals surface area contributed by atoms with Crippen molar-refractivity contribution in [1.82, 2.24) is 0 Å². The minimum Gasteiger partial charge on any atom is -0.379 e. The van der Waals surface area contributed by atoms with Crippen molar-refractivity contribution in [1.29, 1.82) is 0 Å². The van der Waals surface area contributed by atoms with E-state index in [2.05, 4.69) is 0 Å². The smallest absolute Gasteiger partial charge is 0.275 e. The molecule has 2 atom stereocenters. The second-order valence-corrected chi connectivity index (χ2v) is 2.73. The Morgan fingerprint density at radius 1 is 1.50 bits per heavy atom. The summed E-state index contributed by atoms with van der Waals surface area (Å²) in [6, 6.07) is 0. The van der Waals surface area contributed by atoms with Gasteiger partial charge in [-0.05, 0) is 0 Å². The Balaban J connectivity index is 0.000000500. The molecule has 1 heterocycles. The summed E-state index contributed by atoms with van der Waals surface area (Å²) in [5.74, 6) is -3.35. The van der Waals surface area contributed by atoms with Crippen molar-refractivity contribution in [2.75, 3.05) is 13.2 Å². The maximum Gasteiger partial charge on any atom is 0.275 e. The summed E-state index contributed by atoms with van der Waals surface area (Å²) in [5.41, 5.74) is 3.96. The fourth-order valence-corrected chi connectivity index (χ4v) is 1.35. The predicted octanol–water partition coefficient (Wildman–Crippen LogP) is 0.401. The molecule has 0 unspecified atom stereocenters. The van der Waals surface area contributed by atoms with Crippen LogP contribution >= 0.6 is 12.4 Å². The van der Waals surface area contributed by atoms with Gasteiger partial charge in [-0.2, -0.15) is 0 Å². The van der Waals surface area contributed by atoms with Crippen molar-refractivity contribution in [3.8, 4) is 0 Å². The molecule has 1 saturated heterocycles. The Kier molecular flexibility index (Phi) is 1.48. The van der Waals surface area contributed by atoms with Gasteiger partial charge in [0.1, 0.15) is 5.54 Å². The van der Waals surface area contributed by atoms with Crippen molar-refractivity contribution in [2.24, 2.45) is 11.7 Å². The molecule has 2 fully saturated rings. The van der Waals surface area contributed by atoms with Crippen LogP contribution in [-0.2, 0) is 4.74 Å². The predicted molar refractivity (Wildman–Crippen MR) is 33.4 cm³/mol. The molecular formula is C5H8ClF2NO. The summed E-state index contributed by atoms with van der Waals surface area (Å²) < 4.78 is 29.6. The van der Waals surface area contributed by atoms with E-state index in [1.807, 2.05) is 0 Å². The zero-order valence-corrected chi connectivity index (χ0v) is 5.96. The van der Waals surface area contributed by atoms with Crippen LogP contribution in [0.15, 0.2) is 0 Å². The number of halogens is 3. The van der Waals surface area contributed by atoms with E-state index in [1.54, 1.807) is 0 Å². The summed E-state index contributed by atoms with van der Waals surface area (Å²) >= 11 is 0. The average Bonchev–Trinajstić information content (AvgIpc) is 2.21. The molecule has 0 spiro atoms. The first-order valence-electron chi connectivity index (χ1n) is 2.83. The Morgan fingerprint density at radius 2 is 2.10 bits per heavy atom. The van der Waals surface area contributed by atoms with Crippen molar-refractivity contribution in [3.63, 3.8) is 0 Å². The highest BCUT2D eigenvalue weighted by molar-refractivity contribution is 5.85. The van der Waals surface area contributed by atoms with Crippen LogP contribution in [0, 0.1) is 5.92 Å². The number of nitrogens with two attached hydrogens (primary N) is 1. The fourth-order valence-electron chi connectivity index (χ4n) is 1.35. The third-order valence-electron chi connectivity index (χ3n) is 2.22. The van der Waals surface area contributed by atoms with Crippen LogP contribution in [0.3, 0.4) is 0 Å². The highest BCUT2D eigenvalue weighted by Crippen LogP contribution is 2.60. The molecule has 1 saturated carbocycles. The van der Waals surface area contributed by atoms with Gasteiger partial charge in [-0.1, -0.05) is 0 Å². The topological polar surface area (TPSA) is 35.2 Å². The molecule has 0 radical (unpaired) electrons. The third-order valence-corrected chi connectivity index (χ3v) is 2.22. The molecule has 0 amide bonds. The fraction of sp³-hybridized carbons (Fsp3) is 1.00. The first-order chi connectivity index (χ1) is 4.09. The second kappa shape index (κ2) is 1.81. The third kappa shape index (κ3) is 0.594. The molecule has 2 nitrogen and oxygen atoms in total. The summed E-state index contributed by atoms with van der Waals surface area (Å²) in [7, 11) is 0. The zero-order valence-electron chi connectivity index (χ0n) is 5.14. The van der Waals surface area contributed by atoms with Crippen LogP contribution in [0.25, 0.3) is 0 Å². The van der Waals surface area contributed by atoms with E-state index < -0.39 is 17.4 Å². The number of hydrogen-bond donors (Lipinski definition) is 1. The molecule has 0 bridgehead atoms. The van der Waals surface area contributed by atoms with Gasteiger partial charge in [-0.3, -0.25) is 0 Å². The molecule has 2 N–H and O–H groups in total. The van der Waals surface area contributed by atoms with Gasteiger partial charge in [0.05, 0.1) is 19.1 Å². The molecule has 2 rings (SSSR count). The lowest BCUT2D eigenvalue weighted by Gasteiger charge is -2.05. The number of fused-ring (bicyclic) bond motifs is 1. The lowest BCUT2D eigenvalue weighted by atomic mass is 10.3. The molecular weight excluding hydrogens is 164 g/mol. The van der Waals surface area contributed by atoms with Gasteiger partial charge >= 0.3 is 0 Å². The molecule has 5 heteroatoms. The van der Waals surface area contributed by atoms with E-state index in [0.717, 1.165) is 0 Å². The number of alkyl halides is 2. The van der Waals surface area contributed by atoms with E-state index in [4.69, 9.17) is 10.5 Å². The number of rotatable bonds is 0. The van der Waals surface area contributed by atoms with Crippen molar-refractivity contribution in [3.05, 3.63) is 0 Å². The number of hydrogen-bond acceptors (Lipinski definition) is 2. The van der Waals surface area contributed by atoms with Crippen LogP contribution in [0.2, 0.25) is 0 Å². The Labute approximate surface area is 63.1 Å². The maximum atomic E-state index is 12.4. The van der Waals surface area contributed by atoms with E-state index in [1.165, 1.54) is 0 Å². The lowest BCUT2D eigenvalue weighted by molar-refractivity contribution is 0.0102. The average molecular weight is 172 g/mol. The molecule has 1 aliphatic carbocycles. The van der Waals surface area contributed by atoms with Crippen LogP contribution < -0.4 is 5.73 Å². The largest absolute Gasteiger partial charge is 0.379 e. The zero-order chi connectivity index (χ0) is 6.70. The SMILES string of the molecule is Cl.N[C@]12COC[C@H]1C2(F)F. The van der Waals surface area contributed by atoms with Crippen molar-refractivity contribution < 1.29 is 13.5 Å². The summed E-state index contributed by atoms with van der Waals surface area (Å²) in [4.78, 5) is 0. The molecule has 0 aromatic rings. The quantitative estimate of drug-likeness (QED) is 0.573. The minimum absolute atomic E-state index is 0. The van der Waals surface area contributed by atoms with Gasteiger partial charge in [0, 0.05) is 0 Å². The van der Waals surface area contributed by atoms with Gasteiger partial charge in [-0.15, -0.1) is 12.4 Å². The van der Waals surface area contributed by atoms with Crippen LogP contribution in [0.4, 0.5) is 8.78 Å². The van der Waals surface area contributed by atoms with E-state index in [-0.39, 0.29) is 25.6 Å². The summed E-state index contributed by atoms with van der Waals surface area (Å²) in [6.45, 7) is 0.147. The van der Waals surface area contributed by atoms with E-state index >= 15 is 0 Å². The molecule has 0 aromatic carbocycles. The summed E-state index contributed by atoms with van der Waals surface area (Å²) in [5, 5.41) is 0. The highest BCUT2D eigenvalue weighted by atomic mass is 35.5. The van der Waals surface area contributed by atoms with Crippen LogP contribution in [0.1, 0.15) is 0 Å². The Morgan fingerprint density at radius 3 is 2.30 bits per heavy atom. The lowest BCUT2D eigenvalue weighted by Crippen LogP contribution is -2.33. The number of ether oxygens (including phenoxy) is 1. The van der Waals surface area contributed by atoms with Gasteiger partial charge in [0.2, 0.25) is 0 Å². The summed E-state index contributed by atoms with van der Waals surface area (Å²) in [6.07, 6.45) is 0. The van der Waals surface area contributed by atoms with E-state index in [9.17, 15) is 8.78 Å². The molecule has 0 aromatic heterocycles. The van der Waals surface area contributed by atoms with Crippen molar-refractivity contribution in [2.45, 2.75) is 11.5 Å². The molecule has 2 aliphatic rings. The highest BCUT2D eigenvalue weighted by Gasteiger charge is 2.81. The minimum atomic E-state index is -2.65. The molecule has 60 valence electrons. The van der Waals surface area contributed by atoms with Gasteiger partial charge in [-0.25, -0.2) is 8.78 Å². The van der Waals surface area contributed by atoms with Gasteiger partial charge < -0.3 is 10.5 Å². The van der Waals surface area contributed by atoms with Crippen molar-refractivity contribution >= 4 is 12.4 Å². The Bertz CT molecular complexity index is 166. The second-order valence-electron chi connectivity index (χ2n) is 2.73. The standard InChI is InChI=1S/C5H7F2NO.ClH/c6-5(7)3-1-9-2-4(3,5)8;/h3H,1-2,8H2;1H/t3-,4-;/m1./s1. The first-order valence-corrected chi connectivity index (χ1v) is 2.83. The monoisotopic (exact) mass is 171 g/mol. The Hall–Kier alpha value is 0.0700. The normalized spacial score (nSPS) is 47.7. The van der Waals surface area contributed by atoms with Crippen LogP contribution in [-0.4, -0.2) is 24.7 Å². The van der Waals surface area contributed by atoms with E-state index in [0.29, 0.717) is 0 Å².